The molecule has 0 fully saturated rings. The van der Waals surface area contributed by atoms with Gasteiger partial charge in [-0.2, -0.15) is 8.42 Å². The molecule has 0 aliphatic carbocycles. The average molecular weight is 379 g/mol. The van der Waals surface area contributed by atoms with Crippen molar-refractivity contribution in [3.63, 3.8) is 0 Å². The standard InChI is InChI=1S/C19H38O5S/c1-3-5-6-7-8-9-10-11-12-13-14-15-17-19(25(21,22)23)24-18(20)16-4-2/h19H,3-17H2,1-2H3,(H,21,22,23). The van der Waals surface area contributed by atoms with Gasteiger partial charge in [-0.05, 0) is 12.8 Å². The second-order valence-corrected chi connectivity index (χ2v) is 8.42. The second-order valence-electron chi connectivity index (χ2n) is 6.86. The Morgan fingerprint density at radius 3 is 1.64 bits per heavy atom. The number of unbranched alkanes of at least 4 members (excludes halogenated alkanes) is 11. The summed E-state index contributed by atoms with van der Waals surface area (Å²) in [6.45, 7) is 4.04. The van der Waals surface area contributed by atoms with Gasteiger partial charge in [0, 0.05) is 12.8 Å². The van der Waals surface area contributed by atoms with Crippen molar-refractivity contribution < 1.29 is 22.5 Å². The molecule has 1 N–H and O–H groups in total. The zero-order valence-corrected chi connectivity index (χ0v) is 17.0. The third kappa shape index (κ3) is 15.4. The molecule has 0 rings (SSSR count). The lowest BCUT2D eigenvalue weighted by molar-refractivity contribution is -0.146. The lowest BCUT2D eigenvalue weighted by Gasteiger charge is -2.14. The largest absolute Gasteiger partial charge is 0.443 e. The van der Waals surface area contributed by atoms with Gasteiger partial charge < -0.3 is 4.74 Å². The van der Waals surface area contributed by atoms with Crippen LogP contribution < -0.4 is 0 Å². The summed E-state index contributed by atoms with van der Waals surface area (Å²) in [5, 5.41) is 0. The van der Waals surface area contributed by atoms with Crippen LogP contribution in [0.2, 0.25) is 0 Å². The molecule has 0 bridgehead atoms. The van der Waals surface area contributed by atoms with E-state index < -0.39 is 21.5 Å². The third-order valence-corrected chi connectivity index (χ3v) is 5.34. The topological polar surface area (TPSA) is 80.7 Å². The first-order valence-corrected chi connectivity index (χ1v) is 11.6. The van der Waals surface area contributed by atoms with Gasteiger partial charge in [0.1, 0.15) is 0 Å². The summed E-state index contributed by atoms with van der Waals surface area (Å²) in [5.74, 6) is -0.566. The first-order valence-electron chi connectivity index (χ1n) is 10.1. The van der Waals surface area contributed by atoms with Crippen LogP contribution in [0.3, 0.4) is 0 Å². The Morgan fingerprint density at radius 2 is 1.24 bits per heavy atom. The molecule has 150 valence electrons. The number of hydrogen-bond donors (Lipinski definition) is 1. The Kier molecular flexibility index (Phi) is 15.2. The van der Waals surface area contributed by atoms with Gasteiger partial charge in [-0.25, -0.2) is 0 Å². The van der Waals surface area contributed by atoms with Gasteiger partial charge >= 0.3 is 16.1 Å². The molecule has 1 atom stereocenters. The lowest BCUT2D eigenvalue weighted by Crippen LogP contribution is -2.27. The fraction of sp³-hybridized carbons (Fsp3) is 0.947. The quantitative estimate of drug-likeness (QED) is 0.201. The van der Waals surface area contributed by atoms with Crippen LogP contribution in [-0.2, 0) is 19.6 Å². The van der Waals surface area contributed by atoms with Crippen LogP contribution in [0.15, 0.2) is 0 Å². The molecule has 0 aliphatic rings. The van der Waals surface area contributed by atoms with E-state index in [1.54, 1.807) is 0 Å². The molecule has 0 aromatic carbocycles. The van der Waals surface area contributed by atoms with Crippen molar-refractivity contribution >= 4 is 16.1 Å². The summed E-state index contributed by atoms with van der Waals surface area (Å²) in [4.78, 5) is 11.4. The summed E-state index contributed by atoms with van der Waals surface area (Å²) >= 11 is 0. The number of hydrogen-bond acceptors (Lipinski definition) is 4. The first kappa shape index (κ1) is 24.4. The molecule has 0 aliphatic heterocycles. The molecule has 0 amide bonds. The highest BCUT2D eigenvalue weighted by atomic mass is 32.2. The predicted molar refractivity (Wildman–Crippen MR) is 102 cm³/mol. The highest BCUT2D eigenvalue weighted by molar-refractivity contribution is 7.86. The van der Waals surface area contributed by atoms with Gasteiger partial charge in [0.05, 0.1) is 0 Å². The zero-order chi connectivity index (χ0) is 19.0. The first-order chi connectivity index (χ1) is 11.9. The van der Waals surface area contributed by atoms with Crippen molar-refractivity contribution in [1.29, 1.82) is 0 Å². The molecule has 0 saturated heterocycles. The molecule has 0 spiro atoms. The third-order valence-electron chi connectivity index (χ3n) is 4.34. The molecule has 6 heteroatoms. The fourth-order valence-corrected chi connectivity index (χ4v) is 3.52. The number of carbonyl (C=O) groups excluding carboxylic acids is 1. The molecular weight excluding hydrogens is 340 g/mol. The second kappa shape index (κ2) is 15.6. The highest BCUT2D eigenvalue weighted by Gasteiger charge is 2.26. The average Bonchev–Trinajstić information content (AvgIpc) is 2.54. The smallest absolute Gasteiger partial charge is 0.307 e. The lowest BCUT2D eigenvalue weighted by atomic mass is 10.0. The molecule has 0 aromatic heterocycles. The molecular formula is C19H38O5S. The SMILES string of the molecule is CCCCCCCCCCCCCCC(OC(=O)CCC)S(=O)(=O)O. The summed E-state index contributed by atoms with van der Waals surface area (Å²) in [6.07, 6.45) is 15.2. The van der Waals surface area contributed by atoms with Crippen LogP contribution in [0.1, 0.15) is 110 Å². The van der Waals surface area contributed by atoms with Gasteiger partial charge in [-0.3, -0.25) is 9.35 Å². The number of carbonyl (C=O) groups is 1. The van der Waals surface area contributed by atoms with Crippen LogP contribution in [0.4, 0.5) is 0 Å². The van der Waals surface area contributed by atoms with E-state index in [0.29, 0.717) is 12.8 Å². The van der Waals surface area contributed by atoms with E-state index in [2.05, 4.69) is 6.92 Å². The van der Waals surface area contributed by atoms with E-state index in [-0.39, 0.29) is 12.8 Å². The Labute approximate surface area is 154 Å². The Bertz CT molecular complexity index is 420. The maximum atomic E-state index is 11.4. The number of rotatable bonds is 17. The van der Waals surface area contributed by atoms with E-state index in [1.165, 1.54) is 51.4 Å². The number of ether oxygens (including phenoxy) is 1. The molecule has 1 unspecified atom stereocenters. The van der Waals surface area contributed by atoms with Crippen molar-refractivity contribution in [3.8, 4) is 0 Å². The molecule has 0 heterocycles. The Hall–Kier alpha value is -0.620. The van der Waals surface area contributed by atoms with E-state index in [9.17, 15) is 13.2 Å². The van der Waals surface area contributed by atoms with Crippen molar-refractivity contribution in [2.75, 3.05) is 0 Å². The molecule has 25 heavy (non-hydrogen) atoms. The van der Waals surface area contributed by atoms with Crippen molar-refractivity contribution in [3.05, 3.63) is 0 Å². The van der Waals surface area contributed by atoms with E-state index in [1.807, 2.05) is 6.92 Å². The minimum Gasteiger partial charge on any atom is -0.443 e. The molecule has 0 radical (unpaired) electrons. The molecule has 0 saturated carbocycles. The van der Waals surface area contributed by atoms with Crippen LogP contribution in [-0.4, -0.2) is 24.4 Å². The van der Waals surface area contributed by atoms with Gasteiger partial charge in [0.2, 0.25) is 5.44 Å². The maximum absolute atomic E-state index is 11.4. The Balaban J connectivity index is 3.67. The highest BCUT2D eigenvalue weighted by Crippen LogP contribution is 2.16. The van der Waals surface area contributed by atoms with Gasteiger partial charge in [-0.1, -0.05) is 84.5 Å². The summed E-state index contributed by atoms with van der Waals surface area (Å²) in [6, 6.07) is 0. The maximum Gasteiger partial charge on any atom is 0.307 e. The minimum atomic E-state index is -4.34. The summed E-state index contributed by atoms with van der Waals surface area (Å²) in [7, 11) is -4.34. The van der Waals surface area contributed by atoms with Crippen molar-refractivity contribution in [2.24, 2.45) is 0 Å². The fourth-order valence-electron chi connectivity index (χ4n) is 2.83. The van der Waals surface area contributed by atoms with Crippen molar-refractivity contribution in [2.45, 2.75) is 116 Å². The van der Waals surface area contributed by atoms with Crippen LogP contribution in [0.25, 0.3) is 0 Å². The summed E-state index contributed by atoms with van der Waals surface area (Å²) < 4.78 is 36.6. The van der Waals surface area contributed by atoms with E-state index in [4.69, 9.17) is 9.29 Å². The van der Waals surface area contributed by atoms with Gasteiger partial charge in [-0.15, -0.1) is 0 Å². The van der Waals surface area contributed by atoms with Crippen molar-refractivity contribution in [1.82, 2.24) is 0 Å². The van der Waals surface area contributed by atoms with Crippen LogP contribution >= 0.6 is 0 Å². The van der Waals surface area contributed by atoms with Crippen LogP contribution in [0.5, 0.6) is 0 Å². The molecule has 0 aromatic rings. The zero-order valence-electron chi connectivity index (χ0n) is 16.2. The molecule has 5 nitrogen and oxygen atoms in total. The predicted octanol–water partition coefficient (Wildman–Crippen LogP) is 5.63. The van der Waals surface area contributed by atoms with Crippen LogP contribution in [0, 0.1) is 0 Å². The monoisotopic (exact) mass is 378 g/mol. The van der Waals surface area contributed by atoms with E-state index >= 15 is 0 Å². The van der Waals surface area contributed by atoms with Gasteiger partial charge in [0.25, 0.3) is 0 Å². The Morgan fingerprint density at radius 1 is 0.800 bits per heavy atom. The minimum absolute atomic E-state index is 0.171. The number of esters is 1. The summed E-state index contributed by atoms with van der Waals surface area (Å²) in [5.41, 5.74) is -1.41. The van der Waals surface area contributed by atoms with E-state index in [0.717, 1.165) is 19.3 Å². The van der Waals surface area contributed by atoms with Gasteiger partial charge in [0.15, 0.2) is 0 Å². The normalized spacial score (nSPS) is 12.9.